The molecule has 0 fully saturated rings. The maximum Gasteiger partial charge on any atom is 0.225 e. The molecule has 1 N–H and O–H groups in total. The summed E-state index contributed by atoms with van der Waals surface area (Å²) in [7, 11) is -3.51. The number of benzene rings is 1. The van der Waals surface area contributed by atoms with E-state index in [0.717, 1.165) is 15.4 Å². The quantitative estimate of drug-likeness (QED) is 0.773. The van der Waals surface area contributed by atoms with Gasteiger partial charge in [-0.2, -0.15) is 4.31 Å². The molecule has 0 aliphatic heterocycles. The Bertz CT molecular complexity index is 776. The molecular weight excluding hydrogens is 351 g/mol. The highest BCUT2D eigenvalue weighted by atomic mass is 32.2. The smallest absolute Gasteiger partial charge is 0.225 e. The lowest BCUT2D eigenvalue weighted by atomic mass is 10.2. The molecule has 1 amide bonds. The maximum atomic E-state index is 13.7. The summed E-state index contributed by atoms with van der Waals surface area (Å²) >= 11 is 1.49. The molecule has 0 unspecified atom stereocenters. The summed E-state index contributed by atoms with van der Waals surface area (Å²) in [6.07, 6.45) is 1.34. The molecule has 0 aliphatic carbocycles. The summed E-state index contributed by atoms with van der Waals surface area (Å²) in [6.45, 7) is 0.196. The van der Waals surface area contributed by atoms with Gasteiger partial charge in [-0.1, -0.05) is 24.3 Å². The number of rotatable bonds is 8. The van der Waals surface area contributed by atoms with Crippen LogP contribution in [0.5, 0.6) is 0 Å². The van der Waals surface area contributed by atoms with E-state index >= 15 is 0 Å². The van der Waals surface area contributed by atoms with Gasteiger partial charge >= 0.3 is 0 Å². The van der Waals surface area contributed by atoms with Gasteiger partial charge in [0.25, 0.3) is 0 Å². The zero-order valence-corrected chi connectivity index (χ0v) is 14.9. The van der Waals surface area contributed by atoms with Crippen LogP contribution in [0.3, 0.4) is 0 Å². The Balaban J connectivity index is 1.90. The van der Waals surface area contributed by atoms with Crippen molar-refractivity contribution in [2.45, 2.75) is 13.0 Å². The first-order valence-electron chi connectivity index (χ1n) is 7.34. The van der Waals surface area contributed by atoms with Gasteiger partial charge in [-0.05, 0) is 17.5 Å². The molecule has 8 heteroatoms. The van der Waals surface area contributed by atoms with Crippen molar-refractivity contribution in [3.8, 4) is 0 Å². The Morgan fingerprint density at radius 2 is 2.00 bits per heavy atom. The Hall–Kier alpha value is -1.77. The molecule has 0 saturated carbocycles. The van der Waals surface area contributed by atoms with Crippen LogP contribution in [-0.4, -0.2) is 38.0 Å². The van der Waals surface area contributed by atoms with Gasteiger partial charge in [-0.15, -0.1) is 11.3 Å². The van der Waals surface area contributed by atoms with E-state index in [1.54, 1.807) is 18.2 Å². The van der Waals surface area contributed by atoms with Crippen LogP contribution in [0.25, 0.3) is 0 Å². The third-order valence-corrected chi connectivity index (χ3v) is 5.50. The second-order valence-electron chi connectivity index (χ2n) is 5.29. The monoisotopic (exact) mass is 370 g/mol. The number of hydrogen-bond donors (Lipinski definition) is 1. The zero-order chi connectivity index (χ0) is 17.6. The van der Waals surface area contributed by atoms with Crippen LogP contribution in [0, 0.1) is 5.82 Å². The van der Waals surface area contributed by atoms with Gasteiger partial charge < -0.3 is 5.32 Å². The third-order valence-electron chi connectivity index (χ3n) is 3.37. The molecule has 0 saturated heterocycles. The summed E-state index contributed by atoms with van der Waals surface area (Å²) in [5.41, 5.74) is 0.299. The Morgan fingerprint density at radius 3 is 2.62 bits per heavy atom. The molecule has 1 aromatic heterocycles. The van der Waals surface area contributed by atoms with Gasteiger partial charge in [0.05, 0.1) is 12.7 Å². The number of nitrogens with zero attached hydrogens (tertiary/aromatic N) is 1. The molecule has 2 aromatic rings. The molecule has 130 valence electrons. The summed E-state index contributed by atoms with van der Waals surface area (Å²) in [4.78, 5) is 12.8. The average molecular weight is 370 g/mol. The summed E-state index contributed by atoms with van der Waals surface area (Å²) in [5, 5.41) is 4.58. The minimum atomic E-state index is -3.51. The van der Waals surface area contributed by atoms with Crippen molar-refractivity contribution in [3.05, 3.63) is 58.0 Å². The lowest BCUT2D eigenvalue weighted by molar-refractivity contribution is -0.120. The van der Waals surface area contributed by atoms with Gasteiger partial charge in [-0.3, -0.25) is 4.79 Å². The standard InChI is InChI=1S/C16H19FN2O3S2/c1-24(21,22)19(12-13-5-2-3-7-15(13)17)9-8-18-16(20)11-14-6-4-10-23-14/h2-7,10H,8-9,11-12H2,1H3,(H,18,20). The average Bonchev–Trinajstić information content (AvgIpc) is 3.00. The molecule has 0 aliphatic rings. The fraction of sp³-hybridized carbons (Fsp3) is 0.312. The van der Waals surface area contributed by atoms with Crippen molar-refractivity contribution in [1.29, 1.82) is 0 Å². The molecular formula is C16H19FN2O3S2. The fourth-order valence-electron chi connectivity index (χ4n) is 2.13. The summed E-state index contributed by atoms with van der Waals surface area (Å²) in [5.74, 6) is -0.621. The second-order valence-corrected chi connectivity index (χ2v) is 8.31. The number of thiophene rings is 1. The van der Waals surface area contributed by atoms with Crippen molar-refractivity contribution >= 4 is 27.3 Å². The number of nitrogens with one attached hydrogen (secondary N) is 1. The fourth-order valence-corrected chi connectivity index (χ4v) is 3.63. The SMILES string of the molecule is CS(=O)(=O)N(CCNC(=O)Cc1cccs1)Cc1ccccc1F. The van der Waals surface area contributed by atoms with Gasteiger partial charge in [0, 0.05) is 30.1 Å². The van der Waals surface area contributed by atoms with E-state index in [9.17, 15) is 17.6 Å². The van der Waals surface area contributed by atoms with Gasteiger partial charge in [-0.25, -0.2) is 12.8 Å². The predicted molar refractivity (Wildman–Crippen MR) is 92.7 cm³/mol. The van der Waals surface area contributed by atoms with E-state index in [2.05, 4.69) is 5.32 Å². The molecule has 24 heavy (non-hydrogen) atoms. The highest BCUT2D eigenvalue weighted by molar-refractivity contribution is 7.88. The highest BCUT2D eigenvalue weighted by Gasteiger charge is 2.18. The molecule has 2 rings (SSSR count). The number of sulfonamides is 1. The molecule has 0 radical (unpaired) electrons. The molecule has 0 spiro atoms. The van der Waals surface area contributed by atoms with E-state index in [-0.39, 0.29) is 32.0 Å². The van der Waals surface area contributed by atoms with Crippen molar-refractivity contribution in [3.63, 3.8) is 0 Å². The van der Waals surface area contributed by atoms with Crippen molar-refractivity contribution in [1.82, 2.24) is 9.62 Å². The lowest BCUT2D eigenvalue weighted by Gasteiger charge is -2.20. The molecule has 0 atom stereocenters. The van der Waals surface area contributed by atoms with Crippen LogP contribution >= 0.6 is 11.3 Å². The van der Waals surface area contributed by atoms with E-state index in [1.807, 2.05) is 17.5 Å². The Kier molecular flexibility index (Phi) is 6.47. The number of amides is 1. The van der Waals surface area contributed by atoms with E-state index < -0.39 is 15.8 Å². The van der Waals surface area contributed by atoms with Crippen LogP contribution in [-0.2, 0) is 27.8 Å². The van der Waals surface area contributed by atoms with Gasteiger partial charge in [0.15, 0.2) is 0 Å². The lowest BCUT2D eigenvalue weighted by Crippen LogP contribution is -2.38. The zero-order valence-electron chi connectivity index (χ0n) is 13.2. The topological polar surface area (TPSA) is 66.5 Å². The molecule has 5 nitrogen and oxygen atoms in total. The predicted octanol–water partition coefficient (Wildman–Crippen LogP) is 2.01. The number of halogens is 1. The first-order chi connectivity index (χ1) is 11.4. The van der Waals surface area contributed by atoms with Crippen molar-refractivity contribution in [2.24, 2.45) is 0 Å². The van der Waals surface area contributed by atoms with E-state index in [4.69, 9.17) is 0 Å². The Morgan fingerprint density at radius 1 is 1.25 bits per heavy atom. The van der Waals surface area contributed by atoms with Crippen molar-refractivity contribution in [2.75, 3.05) is 19.3 Å². The van der Waals surface area contributed by atoms with Crippen LogP contribution in [0.15, 0.2) is 41.8 Å². The second kappa shape index (κ2) is 8.36. The van der Waals surface area contributed by atoms with Gasteiger partial charge in [0.1, 0.15) is 5.82 Å². The van der Waals surface area contributed by atoms with Crippen LogP contribution in [0.4, 0.5) is 4.39 Å². The Labute approximate surface area is 145 Å². The van der Waals surface area contributed by atoms with E-state index in [1.165, 1.54) is 17.4 Å². The van der Waals surface area contributed by atoms with Crippen molar-refractivity contribution < 1.29 is 17.6 Å². The number of hydrogen-bond acceptors (Lipinski definition) is 4. The maximum absolute atomic E-state index is 13.7. The summed E-state index contributed by atoms with van der Waals surface area (Å²) in [6, 6.07) is 9.77. The largest absolute Gasteiger partial charge is 0.354 e. The summed E-state index contributed by atoms with van der Waals surface area (Å²) < 4.78 is 38.6. The number of carbonyl (C=O) groups excluding carboxylic acids is 1. The molecule has 1 aromatic carbocycles. The van der Waals surface area contributed by atoms with Crippen LogP contribution < -0.4 is 5.32 Å². The first-order valence-corrected chi connectivity index (χ1v) is 10.1. The van der Waals surface area contributed by atoms with E-state index in [0.29, 0.717) is 5.56 Å². The normalized spacial score (nSPS) is 11.6. The minimum absolute atomic E-state index is 0.0632. The molecule has 0 bridgehead atoms. The molecule has 1 heterocycles. The third kappa shape index (κ3) is 5.70. The minimum Gasteiger partial charge on any atom is -0.354 e. The highest BCUT2D eigenvalue weighted by Crippen LogP contribution is 2.12. The van der Waals surface area contributed by atoms with Gasteiger partial charge in [0.2, 0.25) is 15.9 Å². The van der Waals surface area contributed by atoms with Crippen LogP contribution in [0.2, 0.25) is 0 Å². The first kappa shape index (κ1) is 18.6. The van der Waals surface area contributed by atoms with Crippen LogP contribution in [0.1, 0.15) is 10.4 Å². The number of carbonyl (C=O) groups is 1.